The highest BCUT2D eigenvalue weighted by Crippen LogP contribution is 2.17. The molecule has 0 bridgehead atoms. The maximum atomic E-state index is 11.8. The average molecular weight is 404 g/mol. The van der Waals surface area contributed by atoms with Crippen LogP contribution in [0.3, 0.4) is 0 Å². The molecule has 3 rings (SSSR count). The molecular formula is C21H33N5O3. The Hall–Kier alpha value is -2.32. The van der Waals surface area contributed by atoms with Crippen LogP contribution >= 0.6 is 0 Å². The molecule has 0 radical (unpaired) electrons. The van der Waals surface area contributed by atoms with Gasteiger partial charge in [0, 0.05) is 38.8 Å². The van der Waals surface area contributed by atoms with Crippen LogP contribution in [-0.4, -0.2) is 71.9 Å². The van der Waals surface area contributed by atoms with Crippen molar-refractivity contribution in [3.05, 3.63) is 35.4 Å². The molecule has 1 aromatic carbocycles. The van der Waals surface area contributed by atoms with E-state index < -0.39 is 0 Å². The van der Waals surface area contributed by atoms with E-state index in [0.717, 1.165) is 44.5 Å². The quantitative estimate of drug-likeness (QED) is 0.488. The number of nitrogens with two attached hydrogens (primary N) is 1. The summed E-state index contributed by atoms with van der Waals surface area (Å²) in [6.07, 6.45) is 2.03. The molecule has 0 spiro atoms. The van der Waals surface area contributed by atoms with Gasteiger partial charge in [0.2, 0.25) is 0 Å². The molecule has 1 aromatic rings. The lowest BCUT2D eigenvalue weighted by atomic mass is 10.1. The summed E-state index contributed by atoms with van der Waals surface area (Å²) in [5.41, 5.74) is 8.49. The summed E-state index contributed by atoms with van der Waals surface area (Å²) in [6.45, 7) is 6.53. The number of likely N-dealkylation sites (tertiary alicyclic amines) is 2. The van der Waals surface area contributed by atoms with Crippen molar-refractivity contribution in [2.45, 2.75) is 51.4 Å². The van der Waals surface area contributed by atoms with Crippen LogP contribution in [0.5, 0.6) is 0 Å². The number of aliphatic imine (C=N–C) groups is 1. The second-order valence-corrected chi connectivity index (χ2v) is 7.75. The van der Waals surface area contributed by atoms with Crippen LogP contribution < -0.4 is 11.1 Å². The number of hydrogen-bond donors (Lipinski definition) is 3. The third-order valence-corrected chi connectivity index (χ3v) is 5.55. The number of hydrogen-bond acceptors (Lipinski definition) is 5. The van der Waals surface area contributed by atoms with Crippen LogP contribution in [0.25, 0.3) is 0 Å². The Balaban J connectivity index is 1.48. The number of amides is 1. The first-order valence-electron chi connectivity index (χ1n) is 10.5. The van der Waals surface area contributed by atoms with Crippen molar-refractivity contribution in [3.8, 4) is 0 Å². The second-order valence-electron chi connectivity index (χ2n) is 7.75. The zero-order valence-corrected chi connectivity index (χ0v) is 17.2. The van der Waals surface area contributed by atoms with E-state index in [-0.39, 0.29) is 18.2 Å². The van der Waals surface area contributed by atoms with Crippen LogP contribution in [0.4, 0.5) is 4.79 Å². The maximum Gasteiger partial charge on any atom is 0.409 e. The van der Waals surface area contributed by atoms with Crippen LogP contribution in [0.15, 0.2) is 29.3 Å². The molecule has 8 nitrogen and oxygen atoms in total. The predicted molar refractivity (Wildman–Crippen MR) is 112 cm³/mol. The molecule has 0 aliphatic carbocycles. The van der Waals surface area contributed by atoms with Crippen LogP contribution in [-0.2, 0) is 17.8 Å². The first-order valence-corrected chi connectivity index (χ1v) is 10.5. The van der Waals surface area contributed by atoms with Crippen LogP contribution in [0.2, 0.25) is 0 Å². The number of β-amino-alcohol motifs (C(OH)–C–C–N with tert-alkyl or cyclic N) is 1. The van der Waals surface area contributed by atoms with Gasteiger partial charge in [0.05, 0.1) is 19.3 Å². The van der Waals surface area contributed by atoms with Crippen LogP contribution in [0.1, 0.15) is 37.3 Å². The Morgan fingerprint density at radius 3 is 2.62 bits per heavy atom. The summed E-state index contributed by atoms with van der Waals surface area (Å²) < 4.78 is 5.05. The van der Waals surface area contributed by atoms with E-state index in [0.29, 0.717) is 32.2 Å². The summed E-state index contributed by atoms with van der Waals surface area (Å²) in [4.78, 5) is 20.3. The van der Waals surface area contributed by atoms with E-state index in [1.165, 1.54) is 5.56 Å². The lowest BCUT2D eigenvalue weighted by molar-refractivity contribution is 0.0963. The van der Waals surface area contributed by atoms with Gasteiger partial charge in [0.1, 0.15) is 0 Å². The average Bonchev–Trinajstić information content (AvgIpc) is 3.13. The third kappa shape index (κ3) is 6.33. The Labute approximate surface area is 172 Å². The van der Waals surface area contributed by atoms with Crippen molar-refractivity contribution >= 4 is 12.1 Å². The Bertz CT molecular complexity index is 703. The minimum Gasteiger partial charge on any atom is -0.450 e. The van der Waals surface area contributed by atoms with Crippen LogP contribution in [0, 0.1) is 0 Å². The van der Waals surface area contributed by atoms with Gasteiger partial charge in [-0.15, -0.1) is 0 Å². The van der Waals surface area contributed by atoms with Gasteiger partial charge >= 0.3 is 6.09 Å². The molecule has 2 heterocycles. The fourth-order valence-corrected chi connectivity index (χ4v) is 3.91. The number of nitrogens with one attached hydrogen (secondary N) is 1. The number of rotatable bonds is 6. The zero-order valence-electron chi connectivity index (χ0n) is 17.2. The zero-order chi connectivity index (χ0) is 20.6. The number of carbonyl (C=O) groups is 1. The number of aliphatic hydroxyl groups is 1. The molecule has 2 saturated heterocycles. The van der Waals surface area contributed by atoms with Crippen molar-refractivity contribution in [2.75, 3.05) is 32.8 Å². The fraction of sp³-hybridized carbons (Fsp3) is 0.619. The van der Waals surface area contributed by atoms with E-state index in [1.807, 2.05) is 19.1 Å². The number of ether oxygens (including phenoxy) is 1. The topological polar surface area (TPSA) is 103 Å². The predicted octanol–water partition coefficient (Wildman–Crippen LogP) is 1.28. The van der Waals surface area contributed by atoms with Gasteiger partial charge in [-0.3, -0.25) is 4.90 Å². The second kappa shape index (κ2) is 10.5. The van der Waals surface area contributed by atoms with Crippen molar-refractivity contribution < 1.29 is 14.6 Å². The van der Waals surface area contributed by atoms with E-state index in [2.05, 4.69) is 27.3 Å². The lowest BCUT2D eigenvalue weighted by Gasteiger charge is -2.31. The minimum absolute atomic E-state index is 0.213. The Kier molecular flexibility index (Phi) is 7.71. The first-order chi connectivity index (χ1) is 14.0. The molecule has 2 aliphatic rings. The smallest absolute Gasteiger partial charge is 0.409 e. The van der Waals surface area contributed by atoms with E-state index in [4.69, 9.17) is 10.5 Å². The SMILES string of the molecule is CCOC(=O)N1CCC(NC(N)=NCc2ccccc2CN2CCC(O)C2)CC1. The molecule has 160 valence electrons. The molecule has 0 saturated carbocycles. The normalized spacial score (nSPS) is 21.4. The van der Waals surface area contributed by atoms with Gasteiger partial charge < -0.3 is 25.8 Å². The van der Waals surface area contributed by atoms with Gasteiger partial charge in [-0.2, -0.15) is 0 Å². The highest BCUT2D eigenvalue weighted by molar-refractivity contribution is 5.78. The maximum absolute atomic E-state index is 11.8. The van der Waals surface area contributed by atoms with Gasteiger partial charge in [-0.05, 0) is 37.3 Å². The number of benzene rings is 1. The van der Waals surface area contributed by atoms with Gasteiger partial charge in [0.15, 0.2) is 5.96 Å². The lowest BCUT2D eigenvalue weighted by Crippen LogP contribution is -2.48. The minimum atomic E-state index is -0.241. The summed E-state index contributed by atoms with van der Waals surface area (Å²) in [5, 5.41) is 13.0. The molecular weight excluding hydrogens is 370 g/mol. The number of carbonyl (C=O) groups excluding carboxylic acids is 1. The molecule has 2 fully saturated rings. The number of guanidine groups is 1. The van der Waals surface area contributed by atoms with E-state index >= 15 is 0 Å². The summed E-state index contributed by atoms with van der Waals surface area (Å²) in [5.74, 6) is 0.436. The number of aliphatic hydroxyl groups excluding tert-OH is 1. The molecule has 8 heteroatoms. The van der Waals surface area contributed by atoms with Gasteiger partial charge in [-0.25, -0.2) is 9.79 Å². The Morgan fingerprint density at radius 2 is 1.97 bits per heavy atom. The number of piperidine rings is 1. The highest BCUT2D eigenvalue weighted by atomic mass is 16.6. The molecule has 2 aliphatic heterocycles. The molecule has 1 unspecified atom stereocenters. The van der Waals surface area contributed by atoms with Crippen molar-refractivity contribution in [1.29, 1.82) is 0 Å². The highest BCUT2D eigenvalue weighted by Gasteiger charge is 2.24. The van der Waals surface area contributed by atoms with Crippen molar-refractivity contribution in [2.24, 2.45) is 10.7 Å². The standard InChI is InChI=1S/C21H33N5O3/c1-2-29-21(28)26-11-7-18(8-12-26)24-20(22)23-13-16-5-3-4-6-17(16)14-25-10-9-19(27)15-25/h3-6,18-19,27H,2,7-15H2,1H3,(H3,22,23,24). The van der Waals surface area contributed by atoms with Gasteiger partial charge in [-0.1, -0.05) is 24.3 Å². The molecule has 1 atom stereocenters. The van der Waals surface area contributed by atoms with Crippen molar-refractivity contribution in [3.63, 3.8) is 0 Å². The number of nitrogens with zero attached hydrogens (tertiary/aromatic N) is 3. The third-order valence-electron chi connectivity index (χ3n) is 5.55. The monoisotopic (exact) mass is 403 g/mol. The summed E-state index contributed by atoms with van der Waals surface area (Å²) in [7, 11) is 0. The molecule has 0 aromatic heterocycles. The van der Waals surface area contributed by atoms with Gasteiger partial charge in [0.25, 0.3) is 0 Å². The summed E-state index contributed by atoms with van der Waals surface area (Å²) in [6, 6.07) is 8.46. The largest absolute Gasteiger partial charge is 0.450 e. The summed E-state index contributed by atoms with van der Waals surface area (Å²) >= 11 is 0. The molecule has 1 amide bonds. The van der Waals surface area contributed by atoms with E-state index in [1.54, 1.807) is 4.90 Å². The van der Waals surface area contributed by atoms with Crippen molar-refractivity contribution in [1.82, 2.24) is 15.1 Å². The molecule has 4 N–H and O–H groups in total. The first kappa shape index (κ1) is 21.4. The molecule has 29 heavy (non-hydrogen) atoms. The van der Waals surface area contributed by atoms with E-state index in [9.17, 15) is 9.90 Å². The fourth-order valence-electron chi connectivity index (χ4n) is 3.91. The Morgan fingerprint density at radius 1 is 1.24 bits per heavy atom.